The highest BCUT2D eigenvalue weighted by atomic mass is 32.1. The zero-order valence-corrected chi connectivity index (χ0v) is 19.9. The molecular weight excluding hydrogens is 452 g/mol. The molecule has 0 atom stereocenters. The third kappa shape index (κ3) is 7.73. The minimum Gasteiger partial charge on any atom is -0.360 e. The summed E-state index contributed by atoms with van der Waals surface area (Å²) in [6.45, 7) is 0.847. The van der Waals surface area contributed by atoms with Gasteiger partial charge < -0.3 is 10.6 Å². The Bertz CT molecular complexity index is 1130. The van der Waals surface area contributed by atoms with Crippen molar-refractivity contribution in [1.82, 2.24) is 20.4 Å². The molecule has 4 rings (SSSR count). The maximum atomic E-state index is 12.2. The van der Waals surface area contributed by atoms with Crippen LogP contribution in [0.2, 0.25) is 0 Å². The summed E-state index contributed by atoms with van der Waals surface area (Å²) in [5.41, 5.74) is 2.29. The first kappa shape index (κ1) is 23.0. The summed E-state index contributed by atoms with van der Waals surface area (Å²) in [5, 5.41) is 26.4. The van der Waals surface area contributed by atoms with Crippen LogP contribution in [0.1, 0.15) is 34.0 Å². The van der Waals surface area contributed by atoms with Crippen LogP contribution in [0.15, 0.2) is 60.7 Å². The number of anilines is 2. The van der Waals surface area contributed by atoms with E-state index in [9.17, 15) is 4.79 Å². The number of amides is 1. The van der Waals surface area contributed by atoms with E-state index >= 15 is 0 Å². The Morgan fingerprint density at radius 2 is 1.27 bits per heavy atom. The summed E-state index contributed by atoms with van der Waals surface area (Å²) in [4.78, 5) is 12.2. The van der Waals surface area contributed by atoms with Crippen LogP contribution in [-0.2, 0) is 30.5 Å². The van der Waals surface area contributed by atoms with Crippen LogP contribution in [0.4, 0.5) is 10.3 Å². The minimum atomic E-state index is -0.0756. The number of hydrogen-bond acceptors (Lipinski definition) is 8. The molecule has 0 fully saturated rings. The van der Waals surface area contributed by atoms with E-state index in [0.717, 1.165) is 59.4 Å². The van der Waals surface area contributed by atoms with Gasteiger partial charge in [0, 0.05) is 19.4 Å². The predicted molar refractivity (Wildman–Crippen MR) is 134 cm³/mol. The van der Waals surface area contributed by atoms with Gasteiger partial charge in [0.1, 0.15) is 10.0 Å². The van der Waals surface area contributed by atoms with Crippen molar-refractivity contribution in [3.05, 3.63) is 81.8 Å². The number of benzene rings is 2. The Balaban J connectivity index is 1.12. The summed E-state index contributed by atoms with van der Waals surface area (Å²) < 4.78 is 0. The van der Waals surface area contributed by atoms with Crippen LogP contribution < -0.4 is 10.6 Å². The summed E-state index contributed by atoms with van der Waals surface area (Å²) in [6, 6.07) is 20.1. The van der Waals surface area contributed by atoms with Gasteiger partial charge in [-0.1, -0.05) is 83.3 Å². The summed E-state index contributed by atoms with van der Waals surface area (Å²) in [7, 11) is 0. The van der Waals surface area contributed by atoms with Crippen molar-refractivity contribution in [3.63, 3.8) is 0 Å². The molecule has 2 aromatic carbocycles. The molecule has 4 aromatic rings. The van der Waals surface area contributed by atoms with Crippen molar-refractivity contribution in [2.24, 2.45) is 0 Å². The minimum absolute atomic E-state index is 0.0756. The van der Waals surface area contributed by atoms with Gasteiger partial charge >= 0.3 is 0 Å². The van der Waals surface area contributed by atoms with Crippen LogP contribution in [0.5, 0.6) is 0 Å². The van der Waals surface area contributed by atoms with Gasteiger partial charge in [0.2, 0.25) is 16.2 Å². The Morgan fingerprint density at radius 1 is 0.697 bits per heavy atom. The average molecular weight is 479 g/mol. The van der Waals surface area contributed by atoms with Gasteiger partial charge in [-0.2, -0.15) is 0 Å². The number of nitrogens with one attached hydrogen (secondary N) is 2. The number of hydrogen-bond donors (Lipinski definition) is 2. The first-order valence-electron chi connectivity index (χ1n) is 11.0. The largest absolute Gasteiger partial charge is 0.360 e. The van der Waals surface area contributed by atoms with E-state index < -0.39 is 0 Å². The lowest BCUT2D eigenvalue weighted by Gasteiger charge is -2.01. The molecule has 2 heterocycles. The third-order valence-corrected chi connectivity index (χ3v) is 6.79. The molecule has 9 heteroatoms. The van der Waals surface area contributed by atoms with Crippen molar-refractivity contribution in [3.8, 4) is 0 Å². The molecule has 2 aromatic heterocycles. The van der Waals surface area contributed by atoms with Crippen LogP contribution in [-0.4, -0.2) is 32.8 Å². The normalized spacial score (nSPS) is 10.8. The van der Waals surface area contributed by atoms with E-state index in [0.29, 0.717) is 11.6 Å². The lowest BCUT2D eigenvalue weighted by molar-refractivity contribution is -0.115. The molecule has 0 aliphatic heterocycles. The molecular formula is C24H26N6OS2. The first-order chi connectivity index (χ1) is 16.2. The number of carbonyl (C=O) groups is 1. The average Bonchev–Trinajstić information content (AvgIpc) is 3.47. The van der Waals surface area contributed by atoms with Gasteiger partial charge in [0.25, 0.3) is 0 Å². The molecule has 170 valence electrons. The molecule has 0 radical (unpaired) electrons. The molecule has 0 saturated heterocycles. The molecule has 0 aliphatic rings. The molecule has 33 heavy (non-hydrogen) atoms. The fourth-order valence-corrected chi connectivity index (χ4v) is 4.89. The highest BCUT2D eigenvalue weighted by Crippen LogP contribution is 2.20. The maximum Gasteiger partial charge on any atom is 0.230 e. The molecule has 0 spiro atoms. The fraction of sp³-hybridized carbons (Fsp3) is 0.292. The molecule has 0 saturated carbocycles. The highest BCUT2D eigenvalue weighted by molar-refractivity contribution is 7.15. The van der Waals surface area contributed by atoms with Crippen molar-refractivity contribution in [2.45, 2.75) is 38.5 Å². The number of aromatic nitrogens is 4. The van der Waals surface area contributed by atoms with Crippen LogP contribution in [0, 0.1) is 0 Å². The van der Waals surface area contributed by atoms with Gasteiger partial charge in [-0.25, -0.2) is 0 Å². The van der Waals surface area contributed by atoms with Gasteiger partial charge in [-0.15, -0.1) is 20.4 Å². The standard InChI is InChI=1S/C24H26N6OS2/c31-20(17-19-11-5-2-6-12-19)26-24-30-28-22(33-24)14-8-7-13-21-27-29-23(32-21)25-16-15-18-9-3-1-4-10-18/h1-6,9-12H,7-8,13-17H2,(H,25,29)(H,26,30,31). The number of rotatable bonds is 12. The summed E-state index contributed by atoms with van der Waals surface area (Å²) in [5.74, 6) is -0.0756. The van der Waals surface area contributed by atoms with E-state index in [1.165, 1.54) is 16.9 Å². The smallest absolute Gasteiger partial charge is 0.230 e. The second-order valence-corrected chi connectivity index (χ2v) is 9.71. The van der Waals surface area contributed by atoms with Crippen LogP contribution >= 0.6 is 22.7 Å². The first-order valence-corrected chi connectivity index (χ1v) is 12.6. The van der Waals surface area contributed by atoms with Crippen LogP contribution in [0.3, 0.4) is 0 Å². The van der Waals surface area contributed by atoms with Crippen LogP contribution in [0.25, 0.3) is 0 Å². The Kier molecular flexibility index (Phi) is 8.49. The zero-order valence-electron chi connectivity index (χ0n) is 18.2. The predicted octanol–water partition coefficient (Wildman–Crippen LogP) is 4.79. The lowest BCUT2D eigenvalue weighted by Crippen LogP contribution is -2.14. The number of nitrogens with zero attached hydrogens (tertiary/aromatic N) is 4. The van der Waals surface area contributed by atoms with E-state index in [4.69, 9.17) is 0 Å². The highest BCUT2D eigenvalue weighted by Gasteiger charge is 2.09. The molecule has 0 aliphatic carbocycles. The van der Waals surface area contributed by atoms with E-state index in [2.05, 4.69) is 55.3 Å². The van der Waals surface area contributed by atoms with Gasteiger partial charge in [-0.05, 0) is 30.4 Å². The number of aryl methyl sites for hydroxylation is 2. The summed E-state index contributed by atoms with van der Waals surface area (Å²) >= 11 is 3.06. The van der Waals surface area contributed by atoms with Gasteiger partial charge in [0.15, 0.2) is 0 Å². The van der Waals surface area contributed by atoms with Gasteiger partial charge in [0.05, 0.1) is 6.42 Å². The third-order valence-electron chi connectivity index (χ3n) is 4.95. The fourth-order valence-electron chi connectivity index (χ4n) is 3.29. The van der Waals surface area contributed by atoms with Crippen molar-refractivity contribution >= 4 is 38.8 Å². The van der Waals surface area contributed by atoms with E-state index in [1.54, 1.807) is 11.3 Å². The second kappa shape index (κ2) is 12.2. The van der Waals surface area contributed by atoms with Crippen molar-refractivity contribution in [2.75, 3.05) is 17.2 Å². The van der Waals surface area contributed by atoms with Crippen molar-refractivity contribution in [1.29, 1.82) is 0 Å². The molecule has 0 bridgehead atoms. The zero-order chi connectivity index (χ0) is 22.7. The quantitative estimate of drug-likeness (QED) is 0.284. The molecule has 1 amide bonds. The maximum absolute atomic E-state index is 12.2. The Labute approximate surface area is 201 Å². The topological polar surface area (TPSA) is 92.7 Å². The lowest BCUT2D eigenvalue weighted by atomic mass is 10.1. The molecule has 2 N–H and O–H groups in total. The Hall–Kier alpha value is -3.17. The second-order valence-electron chi connectivity index (χ2n) is 7.58. The SMILES string of the molecule is O=C(Cc1ccccc1)Nc1nnc(CCCCc2nnc(NCCc3ccccc3)s2)s1. The van der Waals surface area contributed by atoms with Crippen molar-refractivity contribution < 1.29 is 4.79 Å². The monoisotopic (exact) mass is 478 g/mol. The molecule has 0 unspecified atom stereocenters. The van der Waals surface area contributed by atoms with E-state index in [-0.39, 0.29) is 5.91 Å². The Morgan fingerprint density at radius 3 is 1.94 bits per heavy atom. The summed E-state index contributed by atoms with van der Waals surface area (Å²) in [6.07, 6.45) is 5.04. The van der Waals surface area contributed by atoms with E-state index in [1.807, 2.05) is 36.4 Å². The molecule has 7 nitrogen and oxygen atoms in total. The number of carbonyl (C=O) groups excluding carboxylic acids is 1. The number of unbranched alkanes of at least 4 members (excludes halogenated alkanes) is 1. The van der Waals surface area contributed by atoms with Gasteiger partial charge in [-0.3, -0.25) is 4.79 Å².